The van der Waals surface area contributed by atoms with Gasteiger partial charge in [-0.3, -0.25) is 9.79 Å². The number of aliphatic hydroxyl groups excluding tert-OH is 3. The summed E-state index contributed by atoms with van der Waals surface area (Å²) in [4.78, 5) is 19.8. The largest absolute Gasteiger partial charge is 0.459 e. The molecule has 36 heavy (non-hydrogen) atoms. The van der Waals surface area contributed by atoms with E-state index in [1.165, 1.54) is 0 Å². The zero-order chi connectivity index (χ0) is 25.6. The molecule has 5 rings (SSSR count). The van der Waals surface area contributed by atoms with Gasteiger partial charge >= 0.3 is 0 Å². The Balaban J connectivity index is 1.51. The quantitative estimate of drug-likeness (QED) is 0.406. The van der Waals surface area contributed by atoms with Gasteiger partial charge in [0.1, 0.15) is 17.0 Å². The molecule has 1 atom stereocenters. The van der Waals surface area contributed by atoms with Crippen LogP contribution in [0.5, 0.6) is 5.75 Å². The van der Waals surface area contributed by atoms with E-state index in [1.54, 1.807) is 0 Å². The number of carbonyl (C=O) groups excluding carboxylic acids is 1. The lowest BCUT2D eigenvalue weighted by atomic mass is 9.77. The second kappa shape index (κ2) is 8.89. The first-order valence-corrected chi connectivity index (χ1v) is 12.1. The lowest BCUT2D eigenvalue weighted by Gasteiger charge is -2.46. The fourth-order valence-electron chi connectivity index (χ4n) is 5.28. The molecule has 0 fully saturated rings. The molecule has 8 heteroatoms. The topological polar surface area (TPSA) is 115 Å². The minimum atomic E-state index is -1.47. The van der Waals surface area contributed by atoms with Gasteiger partial charge in [-0.15, -0.1) is 0 Å². The molecular weight excluding hydrogens is 458 g/mol. The predicted octanol–water partition coefficient (Wildman–Crippen LogP) is 2.65. The SMILES string of the molecule is CC1(C)c2ccccc2N(CCC(=O)NC(CO)(CO)CO)[C@]12C=Nc1c(ccc3ccccc13)O2. The lowest BCUT2D eigenvalue weighted by Crippen LogP contribution is -2.63. The number of fused-ring (bicyclic) bond motifs is 4. The standard InChI is InChI=1S/C28H31N3O5/c1-26(2)21-9-5-6-10-22(21)31(14-13-24(35)30-27(16-32,17-33)18-34)28(26)15-29-25-20-8-4-3-7-19(20)11-12-23(25)36-28/h3-12,15,32-34H,13-14,16-18H2,1-2H3,(H,30,35)/t28-/m0/s1. The summed E-state index contributed by atoms with van der Waals surface area (Å²) >= 11 is 0. The van der Waals surface area contributed by atoms with Crippen molar-refractivity contribution in [2.75, 3.05) is 31.3 Å². The molecule has 1 spiro atoms. The summed E-state index contributed by atoms with van der Waals surface area (Å²) in [5.41, 5.74) is -0.145. The first-order chi connectivity index (χ1) is 17.3. The number of aliphatic hydroxyl groups is 3. The van der Waals surface area contributed by atoms with Gasteiger partial charge in [0.05, 0.1) is 31.5 Å². The van der Waals surface area contributed by atoms with Crippen molar-refractivity contribution in [3.8, 4) is 5.75 Å². The number of nitrogens with zero attached hydrogens (tertiary/aromatic N) is 2. The lowest BCUT2D eigenvalue weighted by molar-refractivity contribution is -0.125. The van der Waals surface area contributed by atoms with Crippen molar-refractivity contribution in [1.82, 2.24) is 5.32 Å². The smallest absolute Gasteiger partial charge is 0.228 e. The molecule has 2 aliphatic heterocycles. The molecular formula is C28H31N3O5. The molecule has 3 aromatic rings. The van der Waals surface area contributed by atoms with E-state index in [9.17, 15) is 20.1 Å². The highest BCUT2D eigenvalue weighted by atomic mass is 16.5. The zero-order valence-corrected chi connectivity index (χ0v) is 20.4. The minimum absolute atomic E-state index is 0.0513. The molecule has 0 aromatic heterocycles. The maximum atomic E-state index is 12.8. The minimum Gasteiger partial charge on any atom is -0.459 e. The van der Waals surface area contributed by atoms with Crippen LogP contribution in [0.2, 0.25) is 0 Å². The molecule has 4 N–H and O–H groups in total. The molecule has 0 radical (unpaired) electrons. The molecule has 0 saturated heterocycles. The molecule has 0 saturated carbocycles. The van der Waals surface area contributed by atoms with E-state index < -0.39 is 42.4 Å². The maximum Gasteiger partial charge on any atom is 0.228 e. The molecule has 2 heterocycles. The third-order valence-corrected chi connectivity index (χ3v) is 7.54. The summed E-state index contributed by atoms with van der Waals surface area (Å²) in [6, 6.07) is 20.0. The van der Waals surface area contributed by atoms with Crippen molar-refractivity contribution >= 4 is 34.3 Å². The second-order valence-corrected chi connectivity index (χ2v) is 10.0. The monoisotopic (exact) mass is 489 g/mol. The Kier molecular flexibility index (Phi) is 5.98. The third kappa shape index (κ3) is 3.56. The van der Waals surface area contributed by atoms with E-state index in [-0.39, 0.29) is 6.42 Å². The van der Waals surface area contributed by atoms with E-state index in [4.69, 9.17) is 9.73 Å². The molecule has 1 amide bonds. The van der Waals surface area contributed by atoms with Crippen LogP contribution >= 0.6 is 0 Å². The van der Waals surface area contributed by atoms with Crippen LogP contribution in [0.15, 0.2) is 65.7 Å². The van der Waals surface area contributed by atoms with Crippen molar-refractivity contribution in [2.24, 2.45) is 4.99 Å². The van der Waals surface area contributed by atoms with Gasteiger partial charge in [0.25, 0.3) is 0 Å². The van der Waals surface area contributed by atoms with Gasteiger partial charge in [0, 0.05) is 24.0 Å². The maximum absolute atomic E-state index is 12.8. The predicted molar refractivity (Wildman–Crippen MR) is 139 cm³/mol. The van der Waals surface area contributed by atoms with Gasteiger partial charge < -0.3 is 30.3 Å². The summed E-state index contributed by atoms with van der Waals surface area (Å²) in [6.07, 6.45) is 1.90. The van der Waals surface area contributed by atoms with E-state index >= 15 is 0 Å². The number of nitrogens with one attached hydrogen (secondary N) is 1. The summed E-state index contributed by atoms with van der Waals surface area (Å²) in [5.74, 6) is 0.273. The van der Waals surface area contributed by atoms with Gasteiger partial charge in [-0.05, 0) is 36.9 Å². The number of amides is 1. The highest BCUT2D eigenvalue weighted by Gasteiger charge is 2.59. The van der Waals surface area contributed by atoms with E-state index in [0.717, 1.165) is 27.7 Å². The number of aliphatic imine (C=N–C) groups is 1. The number of rotatable bonds is 7. The molecule has 2 aliphatic rings. The molecule has 0 unspecified atom stereocenters. The van der Waals surface area contributed by atoms with Crippen molar-refractivity contribution in [3.63, 3.8) is 0 Å². The third-order valence-electron chi connectivity index (χ3n) is 7.54. The summed E-state index contributed by atoms with van der Waals surface area (Å²) < 4.78 is 6.82. The van der Waals surface area contributed by atoms with Crippen LogP contribution in [0.25, 0.3) is 10.8 Å². The van der Waals surface area contributed by atoms with Crippen LogP contribution in [-0.4, -0.2) is 65.1 Å². The Morgan fingerprint density at radius 2 is 1.69 bits per heavy atom. The number of hydrogen-bond acceptors (Lipinski definition) is 7. The average molecular weight is 490 g/mol. The van der Waals surface area contributed by atoms with Gasteiger partial charge in [-0.2, -0.15) is 0 Å². The highest BCUT2D eigenvalue weighted by Crippen LogP contribution is 2.54. The number of carbonyl (C=O) groups is 1. The average Bonchev–Trinajstić information content (AvgIpc) is 3.08. The van der Waals surface area contributed by atoms with Crippen LogP contribution in [0, 0.1) is 0 Å². The van der Waals surface area contributed by atoms with Crippen LogP contribution in [0.4, 0.5) is 11.4 Å². The van der Waals surface area contributed by atoms with Gasteiger partial charge in [-0.1, -0.05) is 48.5 Å². The van der Waals surface area contributed by atoms with Crippen molar-refractivity contribution in [2.45, 2.75) is 36.9 Å². The first-order valence-electron chi connectivity index (χ1n) is 12.1. The van der Waals surface area contributed by atoms with Crippen LogP contribution in [-0.2, 0) is 10.2 Å². The Morgan fingerprint density at radius 3 is 2.44 bits per heavy atom. The number of para-hydroxylation sites is 1. The molecule has 3 aromatic carbocycles. The zero-order valence-electron chi connectivity index (χ0n) is 20.4. The van der Waals surface area contributed by atoms with Crippen LogP contribution in [0.3, 0.4) is 0 Å². The number of ether oxygens (including phenoxy) is 1. The normalized spacial score (nSPS) is 19.8. The number of anilines is 1. The van der Waals surface area contributed by atoms with E-state index in [2.05, 4.69) is 30.1 Å². The number of benzene rings is 3. The Hall–Kier alpha value is -3.46. The first kappa shape index (κ1) is 24.2. The highest BCUT2D eigenvalue weighted by molar-refractivity contribution is 6.00. The Morgan fingerprint density at radius 1 is 1.00 bits per heavy atom. The van der Waals surface area contributed by atoms with E-state index in [0.29, 0.717) is 12.3 Å². The van der Waals surface area contributed by atoms with Gasteiger partial charge in [0.15, 0.2) is 0 Å². The van der Waals surface area contributed by atoms with Crippen LogP contribution < -0.4 is 15.0 Å². The Bertz CT molecular complexity index is 1330. The fourth-order valence-corrected chi connectivity index (χ4v) is 5.28. The summed E-state index contributed by atoms with van der Waals surface area (Å²) in [7, 11) is 0. The molecule has 0 aliphatic carbocycles. The Labute approximate surface area is 209 Å². The fraction of sp³-hybridized carbons (Fsp3) is 0.357. The molecule has 0 bridgehead atoms. The summed E-state index contributed by atoms with van der Waals surface area (Å²) in [6.45, 7) is 2.79. The van der Waals surface area contributed by atoms with Crippen molar-refractivity contribution < 1.29 is 24.9 Å². The number of hydrogen-bond donors (Lipinski definition) is 4. The van der Waals surface area contributed by atoms with Crippen molar-refractivity contribution in [3.05, 3.63) is 66.2 Å². The van der Waals surface area contributed by atoms with Crippen LogP contribution in [0.1, 0.15) is 25.8 Å². The molecule has 188 valence electrons. The summed E-state index contributed by atoms with van der Waals surface area (Å²) in [5, 5.41) is 33.4. The second-order valence-electron chi connectivity index (χ2n) is 10.0. The molecule has 8 nitrogen and oxygen atoms in total. The van der Waals surface area contributed by atoms with Crippen molar-refractivity contribution in [1.29, 1.82) is 0 Å². The van der Waals surface area contributed by atoms with E-state index in [1.807, 2.05) is 60.8 Å². The van der Waals surface area contributed by atoms with Gasteiger partial charge in [-0.25, -0.2) is 0 Å². The van der Waals surface area contributed by atoms with Gasteiger partial charge in [0.2, 0.25) is 11.6 Å².